The lowest BCUT2D eigenvalue weighted by molar-refractivity contribution is -0.121. The van der Waals surface area contributed by atoms with E-state index in [4.69, 9.17) is 9.47 Å². The number of benzene rings is 3. The molecule has 0 aromatic heterocycles. The summed E-state index contributed by atoms with van der Waals surface area (Å²) in [6, 6.07) is 18.7. The fraction of sp³-hybridized carbons (Fsp3) is 0.231. The highest BCUT2D eigenvalue weighted by Gasteiger charge is 2.26. The number of nitrogens with one attached hydrogen (secondary N) is 1. The zero-order chi connectivity index (χ0) is 22.7. The molecule has 164 valence electrons. The molecule has 6 nitrogen and oxygen atoms in total. The van der Waals surface area contributed by atoms with Gasteiger partial charge in [-0.3, -0.25) is 9.59 Å². The SMILES string of the molecule is Cc1ccc(OCCN2C(=O)COc3ccc(NC(=O)c4ccc(C)c(C)c4)cc32)cc1. The van der Waals surface area contributed by atoms with Gasteiger partial charge in [-0.1, -0.05) is 23.8 Å². The monoisotopic (exact) mass is 430 g/mol. The van der Waals surface area contributed by atoms with Crippen LogP contribution < -0.4 is 19.7 Å². The molecule has 3 aromatic carbocycles. The zero-order valence-corrected chi connectivity index (χ0v) is 18.5. The van der Waals surface area contributed by atoms with Crippen molar-refractivity contribution in [2.45, 2.75) is 20.8 Å². The van der Waals surface area contributed by atoms with E-state index in [9.17, 15) is 9.59 Å². The van der Waals surface area contributed by atoms with Crippen LogP contribution in [-0.4, -0.2) is 31.6 Å². The highest BCUT2D eigenvalue weighted by molar-refractivity contribution is 6.05. The molecule has 6 heteroatoms. The first-order chi connectivity index (χ1) is 15.4. The number of nitrogens with zero attached hydrogens (tertiary/aromatic N) is 1. The molecule has 1 aliphatic heterocycles. The van der Waals surface area contributed by atoms with Gasteiger partial charge < -0.3 is 19.7 Å². The number of hydrogen-bond acceptors (Lipinski definition) is 4. The normalized spacial score (nSPS) is 12.7. The minimum atomic E-state index is -0.203. The number of amides is 2. The van der Waals surface area contributed by atoms with Crippen LogP contribution in [0.3, 0.4) is 0 Å². The van der Waals surface area contributed by atoms with Crippen molar-refractivity contribution in [3.05, 3.63) is 82.9 Å². The zero-order valence-electron chi connectivity index (χ0n) is 18.5. The first-order valence-electron chi connectivity index (χ1n) is 10.6. The van der Waals surface area contributed by atoms with E-state index < -0.39 is 0 Å². The Bertz CT molecular complexity index is 1150. The van der Waals surface area contributed by atoms with E-state index in [1.165, 1.54) is 0 Å². The van der Waals surface area contributed by atoms with Gasteiger partial charge in [0.05, 0.1) is 12.2 Å². The van der Waals surface area contributed by atoms with Crippen LogP contribution in [0.15, 0.2) is 60.7 Å². The minimum Gasteiger partial charge on any atom is -0.492 e. The number of aryl methyl sites for hydroxylation is 3. The predicted octanol–water partition coefficient (Wildman–Crippen LogP) is 4.67. The molecule has 0 aliphatic carbocycles. The molecule has 0 atom stereocenters. The van der Waals surface area contributed by atoms with Gasteiger partial charge in [0, 0.05) is 11.3 Å². The summed E-state index contributed by atoms with van der Waals surface area (Å²) < 4.78 is 11.4. The van der Waals surface area contributed by atoms with Crippen LogP contribution in [0.4, 0.5) is 11.4 Å². The third kappa shape index (κ3) is 4.75. The van der Waals surface area contributed by atoms with E-state index in [0.29, 0.717) is 35.8 Å². The van der Waals surface area contributed by atoms with E-state index in [2.05, 4.69) is 5.32 Å². The summed E-state index contributed by atoms with van der Waals surface area (Å²) in [6.45, 7) is 6.69. The van der Waals surface area contributed by atoms with Crippen molar-refractivity contribution in [3.8, 4) is 11.5 Å². The van der Waals surface area contributed by atoms with Crippen LogP contribution in [0.2, 0.25) is 0 Å². The predicted molar refractivity (Wildman–Crippen MR) is 125 cm³/mol. The Morgan fingerprint density at radius 1 is 1.00 bits per heavy atom. The summed E-state index contributed by atoms with van der Waals surface area (Å²) in [4.78, 5) is 26.9. The van der Waals surface area contributed by atoms with Crippen molar-refractivity contribution in [3.63, 3.8) is 0 Å². The summed E-state index contributed by atoms with van der Waals surface area (Å²) in [7, 11) is 0. The lowest BCUT2D eigenvalue weighted by Gasteiger charge is -2.29. The standard InChI is InChI=1S/C26H26N2O4/c1-17-4-9-22(10-5-17)31-13-12-28-23-15-21(8-11-24(23)32-16-25(28)29)27-26(30)20-7-6-18(2)19(3)14-20/h4-11,14-15H,12-13,16H2,1-3H3,(H,27,30). The van der Waals surface area contributed by atoms with Gasteiger partial charge in [0.2, 0.25) is 0 Å². The van der Waals surface area contributed by atoms with E-state index in [1.54, 1.807) is 29.2 Å². The van der Waals surface area contributed by atoms with Gasteiger partial charge in [-0.2, -0.15) is 0 Å². The van der Waals surface area contributed by atoms with Crippen molar-refractivity contribution >= 4 is 23.2 Å². The molecule has 0 fully saturated rings. The van der Waals surface area contributed by atoms with Gasteiger partial charge in [0.15, 0.2) is 6.61 Å². The summed E-state index contributed by atoms with van der Waals surface area (Å²) in [5, 5.41) is 2.91. The van der Waals surface area contributed by atoms with Crippen LogP contribution in [0, 0.1) is 20.8 Å². The van der Waals surface area contributed by atoms with Gasteiger partial charge in [0.1, 0.15) is 18.1 Å². The van der Waals surface area contributed by atoms with E-state index in [-0.39, 0.29) is 18.4 Å². The molecule has 4 rings (SSSR count). The van der Waals surface area contributed by atoms with E-state index >= 15 is 0 Å². The molecular weight excluding hydrogens is 404 g/mol. The van der Waals surface area contributed by atoms with Crippen molar-refractivity contribution < 1.29 is 19.1 Å². The fourth-order valence-corrected chi connectivity index (χ4v) is 3.50. The fourth-order valence-electron chi connectivity index (χ4n) is 3.50. The topological polar surface area (TPSA) is 67.9 Å². The molecule has 0 saturated heterocycles. The molecule has 1 N–H and O–H groups in total. The molecule has 1 heterocycles. The van der Waals surface area contributed by atoms with Gasteiger partial charge in [-0.25, -0.2) is 0 Å². The van der Waals surface area contributed by atoms with Gasteiger partial charge in [-0.05, 0) is 74.4 Å². The number of rotatable bonds is 6. The Labute approximate surface area is 187 Å². The molecule has 1 aliphatic rings. The van der Waals surface area contributed by atoms with Crippen LogP contribution in [0.5, 0.6) is 11.5 Å². The molecular formula is C26H26N2O4. The van der Waals surface area contributed by atoms with Crippen LogP contribution in [0.25, 0.3) is 0 Å². The Hall–Kier alpha value is -3.80. The van der Waals surface area contributed by atoms with Crippen molar-refractivity contribution in [2.75, 3.05) is 30.0 Å². The van der Waals surface area contributed by atoms with Gasteiger partial charge in [-0.15, -0.1) is 0 Å². The quantitative estimate of drug-likeness (QED) is 0.617. The summed E-state index contributed by atoms with van der Waals surface area (Å²) in [5.74, 6) is 1.00. The number of ether oxygens (including phenoxy) is 2. The van der Waals surface area contributed by atoms with E-state index in [0.717, 1.165) is 22.4 Å². The Morgan fingerprint density at radius 2 is 1.78 bits per heavy atom. The number of carbonyl (C=O) groups excluding carboxylic acids is 2. The molecule has 0 radical (unpaired) electrons. The van der Waals surface area contributed by atoms with Crippen LogP contribution in [-0.2, 0) is 4.79 Å². The van der Waals surface area contributed by atoms with Crippen LogP contribution >= 0.6 is 0 Å². The lowest BCUT2D eigenvalue weighted by Crippen LogP contribution is -2.41. The van der Waals surface area contributed by atoms with Gasteiger partial charge >= 0.3 is 0 Å². The maximum Gasteiger partial charge on any atom is 0.265 e. The minimum absolute atomic E-state index is 0.0219. The van der Waals surface area contributed by atoms with Crippen molar-refractivity contribution in [1.29, 1.82) is 0 Å². The maximum absolute atomic E-state index is 12.7. The molecule has 3 aromatic rings. The molecule has 0 bridgehead atoms. The molecule has 32 heavy (non-hydrogen) atoms. The first-order valence-corrected chi connectivity index (χ1v) is 10.6. The molecule has 0 spiro atoms. The number of hydrogen-bond donors (Lipinski definition) is 1. The number of anilines is 2. The number of fused-ring (bicyclic) bond motifs is 1. The smallest absolute Gasteiger partial charge is 0.265 e. The number of carbonyl (C=O) groups is 2. The summed E-state index contributed by atoms with van der Waals surface area (Å²) >= 11 is 0. The average Bonchev–Trinajstić information content (AvgIpc) is 2.78. The molecule has 0 unspecified atom stereocenters. The van der Waals surface area contributed by atoms with E-state index in [1.807, 2.05) is 57.2 Å². The Kier molecular flexibility index (Phi) is 6.12. The molecule has 0 saturated carbocycles. The third-order valence-electron chi connectivity index (χ3n) is 5.53. The second-order valence-electron chi connectivity index (χ2n) is 7.93. The lowest BCUT2D eigenvalue weighted by atomic mass is 10.1. The van der Waals surface area contributed by atoms with Crippen molar-refractivity contribution in [2.24, 2.45) is 0 Å². The summed E-state index contributed by atoms with van der Waals surface area (Å²) in [6.07, 6.45) is 0. The molecule has 2 amide bonds. The van der Waals surface area contributed by atoms with Gasteiger partial charge in [0.25, 0.3) is 11.8 Å². The largest absolute Gasteiger partial charge is 0.492 e. The highest BCUT2D eigenvalue weighted by atomic mass is 16.5. The Morgan fingerprint density at radius 3 is 2.53 bits per heavy atom. The third-order valence-corrected chi connectivity index (χ3v) is 5.53. The second-order valence-corrected chi connectivity index (χ2v) is 7.93. The van der Waals surface area contributed by atoms with Crippen molar-refractivity contribution in [1.82, 2.24) is 0 Å². The Balaban J connectivity index is 1.48. The highest BCUT2D eigenvalue weighted by Crippen LogP contribution is 2.34. The first kappa shape index (κ1) is 21.4. The second kappa shape index (κ2) is 9.14. The maximum atomic E-state index is 12.7. The van der Waals surface area contributed by atoms with Crippen LogP contribution in [0.1, 0.15) is 27.0 Å². The summed E-state index contributed by atoms with van der Waals surface area (Å²) in [5.41, 5.74) is 5.14. The average molecular weight is 431 g/mol.